The van der Waals surface area contributed by atoms with Gasteiger partial charge in [-0.2, -0.15) is 0 Å². The zero-order valence-electron chi connectivity index (χ0n) is 23.8. The standard InChI is InChI=1S/C31H25BrCl2F2N4O5/c1-30(29(37)42)12-45-26-17(30)10-21(39-25(26)16-5-6-19(35)22(33)23(16)36)31(43,15-3-4-15)11-38-28(41)14-7-13-8-18(32)27(34)40-24(13)20(9-14)44-2/h5-10,15,43H,3-4,11-12H2,1-2H3,(H2,37,42)(H,38,41)/t30-,31+/m0/s1. The predicted octanol–water partition coefficient (Wildman–Crippen LogP) is 5.82. The minimum atomic E-state index is -1.75. The molecule has 1 aliphatic carbocycles. The fourth-order valence-corrected chi connectivity index (χ4v) is 6.16. The highest BCUT2D eigenvalue weighted by molar-refractivity contribution is 9.10. The lowest BCUT2D eigenvalue weighted by atomic mass is 9.81. The van der Waals surface area contributed by atoms with Gasteiger partial charge in [0.1, 0.15) is 56.3 Å². The van der Waals surface area contributed by atoms with Crippen LogP contribution in [0.5, 0.6) is 11.5 Å². The summed E-state index contributed by atoms with van der Waals surface area (Å²) in [4.78, 5) is 35.0. The van der Waals surface area contributed by atoms with Crippen LogP contribution in [0.2, 0.25) is 10.2 Å². The van der Waals surface area contributed by atoms with Gasteiger partial charge < -0.3 is 25.6 Å². The number of carbonyl (C=O) groups is 2. The van der Waals surface area contributed by atoms with Crippen LogP contribution in [0.3, 0.4) is 0 Å². The van der Waals surface area contributed by atoms with Gasteiger partial charge in [0.15, 0.2) is 5.82 Å². The second-order valence-corrected chi connectivity index (χ2v) is 12.9. The number of ether oxygens (including phenoxy) is 2. The van der Waals surface area contributed by atoms with E-state index in [-0.39, 0.29) is 58.1 Å². The first kappa shape index (κ1) is 31.4. The highest BCUT2D eigenvalue weighted by atomic mass is 79.9. The van der Waals surface area contributed by atoms with Crippen LogP contribution in [-0.4, -0.2) is 47.2 Å². The molecule has 9 nitrogen and oxygen atoms in total. The number of nitrogens with one attached hydrogen (secondary N) is 1. The van der Waals surface area contributed by atoms with Crippen molar-refractivity contribution >= 4 is 61.8 Å². The molecule has 1 saturated carbocycles. The molecule has 0 radical (unpaired) electrons. The monoisotopic (exact) mass is 720 g/mol. The molecule has 2 aromatic carbocycles. The molecule has 2 aromatic heterocycles. The number of aromatic nitrogens is 2. The smallest absolute Gasteiger partial charge is 0.251 e. The van der Waals surface area contributed by atoms with E-state index in [1.165, 1.54) is 19.2 Å². The van der Waals surface area contributed by atoms with Gasteiger partial charge in [-0.1, -0.05) is 23.2 Å². The van der Waals surface area contributed by atoms with Crippen molar-refractivity contribution in [1.82, 2.24) is 15.3 Å². The highest BCUT2D eigenvalue weighted by Crippen LogP contribution is 2.50. The van der Waals surface area contributed by atoms with Crippen molar-refractivity contribution in [3.63, 3.8) is 0 Å². The van der Waals surface area contributed by atoms with Gasteiger partial charge in [0.2, 0.25) is 5.91 Å². The van der Waals surface area contributed by atoms with Gasteiger partial charge >= 0.3 is 0 Å². The zero-order valence-corrected chi connectivity index (χ0v) is 26.9. The summed E-state index contributed by atoms with van der Waals surface area (Å²) >= 11 is 15.4. The first-order valence-electron chi connectivity index (χ1n) is 13.8. The van der Waals surface area contributed by atoms with E-state index in [1.807, 2.05) is 0 Å². The molecule has 0 unspecified atom stereocenters. The van der Waals surface area contributed by atoms with E-state index in [0.29, 0.717) is 34.0 Å². The molecule has 2 atom stereocenters. The second kappa shape index (κ2) is 11.3. The predicted molar refractivity (Wildman–Crippen MR) is 167 cm³/mol. The number of hydrogen-bond acceptors (Lipinski definition) is 7. The number of methoxy groups -OCH3 is 1. The molecule has 4 N–H and O–H groups in total. The maximum absolute atomic E-state index is 15.3. The van der Waals surface area contributed by atoms with Gasteiger partial charge in [-0.25, -0.2) is 18.7 Å². The summed E-state index contributed by atoms with van der Waals surface area (Å²) in [7, 11) is 1.44. The molecule has 2 amide bonds. The summed E-state index contributed by atoms with van der Waals surface area (Å²) in [6.45, 7) is 1.12. The lowest BCUT2D eigenvalue weighted by molar-refractivity contribution is -0.123. The quantitative estimate of drug-likeness (QED) is 0.154. The number of nitrogens with two attached hydrogens (primary N) is 1. The minimum absolute atomic E-state index is 0.0516. The van der Waals surface area contributed by atoms with E-state index in [1.54, 1.807) is 19.1 Å². The Kier molecular flexibility index (Phi) is 7.91. The van der Waals surface area contributed by atoms with Crippen molar-refractivity contribution in [2.24, 2.45) is 11.7 Å². The number of rotatable bonds is 8. The van der Waals surface area contributed by atoms with Crippen LogP contribution in [0.1, 0.15) is 41.4 Å². The Labute approximate surface area is 274 Å². The summed E-state index contributed by atoms with van der Waals surface area (Å²) in [5.74, 6) is -3.24. The summed E-state index contributed by atoms with van der Waals surface area (Å²) in [5, 5.41) is 15.0. The van der Waals surface area contributed by atoms with Crippen molar-refractivity contribution in [3.8, 4) is 22.8 Å². The van der Waals surface area contributed by atoms with Crippen LogP contribution >= 0.6 is 39.1 Å². The van der Waals surface area contributed by atoms with Gasteiger partial charge in [0, 0.05) is 22.1 Å². The van der Waals surface area contributed by atoms with Crippen LogP contribution in [0.15, 0.2) is 40.9 Å². The Morgan fingerprint density at radius 1 is 1.22 bits per heavy atom. The lowest BCUT2D eigenvalue weighted by Crippen LogP contribution is -2.44. The average molecular weight is 722 g/mol. The number of amides is 2. The molecular formula is C31H25BrCl2F2N4O5. The topological polar surface area (TPSA) is 137 Å². The Morgan fingerprint density at radius 3 is 2.62 bits per heavy atom. The Bertz CT molecular complexity index is 1930. The average Bonchev–Trinajstić information content (AvgIpc) is 3.82. The van der Waals surface area contributed by atoms with E-state index >= 15 is 4.39 Å². The number of halogens is 5. The van der Waals surface area contributed by atoms with E-state index in [2.05, 4.69) is 31.2 Å². The van der Waals surface area contributed by atoms with Crippen LogP contribution in [-0.2, 0) is 15.8 Å². The van der Waals surface area contributed by atoms with Crippen molar-refractivity contribution < 1.29 is 33.0 Å². The van der Waals surface area contributed by atoms with Crippen molar-refractivity contribution in [1.29, 1.82) is 0 Å². The van der Waals surface area contributed by atoms with Crippen LogP contribution in [0, 0.1) is 17.6 Å². The van der Waals surface area contributed by atoms with Crippen LogP contribution < -0.4 is 20.5 Å². The Balaban J connectivity index is 1.42. The van der Waals surface area contributed by atoms with Gasteiger partial charge in [0.25, 0.3) is 5.91 Å². The molecule has 4 aromatic rings. The van der Waals surface area contributed by atoms with Crippen molar-refractivity contribution in [2.45, 2.75) is 30.8 Å². The number of pyridine rings is 2. The number of primary amides is 1. The third-order valence-electron chi connectivity index (χ3n) is 8.40. The van der Waals surface area contributed by atoms with E-state index in [0.717, 1.165) is 12.1 Å². The fourth-order valence-electron chi connectivity index (χ4n) is 5.52. The molecule has 3 heterocycles. The summed E-state index contributed by atoms with van der Waals surface area (Å²) in [6, 6.07) is 8.46. The number of carbonyl (C=O) groups excluding carboxylic acids is 2. The molecule has 0 bridgehead atoms. The SMILES string of the molecule is COc1cc(C(=O)NC[C@](O)(c2cc3c(c(-c4ccc(F)c(Cl)c4F)n2)OC[C@]3(C)C(N)=O)C2CC2)cc2cc(Br)c(Cl)nc12. The van der Waals surface area contributed by atoms with Crippen molar-refractivity contribution in [2.75, 3.05) is 20.3 Å². The van der Waals surface area contributed by atoms with E-state index in [4.69, 9.17) is 38.4 Å². The third-order valence-corrected chi connectivity index (χ3v) is 9.86. The number of hydrogen-bond donors (Lipinski definition) is 3. The number of benzene rings is 2. The molecule has 0 saturated heterocycles. The summed E-state index contributed by atoms with van der Waals surface area (Å²) in [5.41, 5.74) is 3.39. The van der Waals surface area contributed by atoms with Crippen molar-refractivity contribution in [3.05, 3.63) is 79.5 Å². The molecule has 14 heteroatoms. The van der Waals surface area contributed by atoms with E-state index < -0.39 is 39.5 Å². The van der Waals surface area contributed by atoms with Crippen LogP contribution in [0.25, 0.3) is 22.2 Å². The lowest BCUT2D eigenvalue weighted by Gasteiger charge is -2.30. The number of aliphatic hydroxyl groups is 1. The first-order chi connectivity index (χ1) is 21.3. The maximum atomic E-state index is 15.3. The normalized spacial score (nSPS) is 18.7. The summed E-state index contributed by atoms with van der Waals surface area (Å²) < 4.78 is 41.2. The second-order valence-electron chi connectivity index (χ2n) is 11.3. The van der Waals surface area contributed by atoms with Gasteiger partial charge in [-0.3, -0.25) is 9.59 Å². The third kappa shape index (κ3) is 5.27. The zero-order chi connectivity index (χ0) is 32.4. The molecular weight excluding hydrogens is 697 g/mol. The number of nitrogens with zero attached hydrogens (tertiary/aromatic N) is 2. The highest BCUT2D eigenvalue weighted by Gasteiger charge is 2.50. The largest absolute Gasteiger partial charge is 0.494 e. The molecule has 0 spiro atoms. The molecule has 45 heavy (non-hydrogen) atoms. The van der Waals surface area contributed by atoms with Crippen LogP contribution in [0.4, 0.5) is 8.78 Å². The summed E-state index contributed by atoms with van der Waals surface area (Å²) in [6.07, 6.45) is 1.23. The molecule has 6 rings (SSSR count). The minimum Gasteiger partial charge on any atom is -0.494 e. The molecule has 234 valence electrons. The molecule has 2 aliphatic rings. The first-order valence-corrected chi connectivity index (χ1v) is 15.3. The van der Waals surface area contributed by atoms with Gasteiger partial charge in [0.05, 0.1) is 23.8 Å². The van der Waals surface area contributed by atoms with Gasteiger partial charge in [-0.05, 0) is 78.0 Å². The van der Waals surface area contributed by atoms with Gasteiger partial charge in [-0.15, -0.1) is 0 Å². The molecule has 1 fully saturated rings. The maximum Gasteiger partial charge on any atom is 0.251 e. The number of fused-ring (bicyclic) bond motifs is 2. The van der Waals surface area contributed by atoms with E-state index in [9.17, 15) is 19.1 Å². The Hall–Kier alpha value is -3.58. The fraction of sp³-hybridized carbons (Fsp3) is 0.290. The molecule has 1 aliphatic heterocycles. The Morgan fingerprint density at radius 2 is 1.96 bits per heavy atom.